The van der Waals surface area contributed by atoms with E-state index in [1.807, 2.05) is 41.3 Å². The van der Waals surface area contributed by atoms with Crippen LogP contribution in [0, 0.1) is 0 Å². The normalized spacial score (nSPS) is 15.9. The van der Waals surface area contributed by atoms with Crippen molar-refractivity contribution in [1.82, 2.24) is 4.90 Å². The number of nitrogens with zero attached hydrogens (tertiary/aromatic N) is 2. The van der Waals surface area contributed by atoms with Crippen LogP contribution < -0.4 is 10.2 Å². The number of hydrogen-bond donors (Lipinski definition) is 1. The number of anilines is 1. The van der Waals surface area contributed by atoms with Gasteiger partial charge in [-0.05, 0) is 25.1 Å². The molecule has 3 rings (SSSR count). The molecule has 1 fully saturated rings. The lowest BCUT2D eigenvalue weighted by atomic mass is 10.1. The molecule has 0 unspecified atom stereocenters. The number of piperazine rings is 1. The molecule has 25 heavy (non-hydrogen) atoms. The summed E-state index contributed by atoms with van der Waals surface area (Å²) in [6.45, 7) is 5.85. The molecule has 132 valence electrons. The molecule has 0 saturated carbocycles. The number of rotatable bonds is 5. The lowest BCUT2D eigenvalue weighted by Gasteiger charge is -2.36. The van der Waals surface area contributed by atoms with Crippen LogP contribution in [0.2, 0.25) is 5.02 Å². The minimum Gasteiger partial charge on any atom is -0.368 e. The van der Waals surface area contributed by atoms with Gasteiger partial charge in [0.2, 0.25) is 0 Å². The van der Waals surface area contributed by atoms with E-state index in [1.165, 1.54) is 5.56 Å². The van der Waals surface area contributed by atoms with Crippen molar-refractivity contribution in [3.8, 4) is 0 Å². The minimum atomic E-state index is 0.216. The van der Waals surface area contributed by atoms with Gasteiger partial charge in [0, 0.05) is 42.5 Å². The third kappa shape index (κ3) is 4.74. The van der Waals surface area contributed by atoms with Crippen LogP contribution in [-0.2, 0) is 4.79 Å². The number of carbonyl (C=O) groups excluding carboxylic acids is 1. The number of nitrogens with two attached hydrogens (primary N) is 1. The Morgan fingerprint density at radius 2 is 1.80 bits per heavy atom. The second-order valence-electron chi connectivity index (χ2n) is 6.49. The first-order valence-corrected chi connectivity index (χ1v) is 9.18. The fourth-order valence-corrected chi connectivity index (χ4v) is 3.37. The van der Waals surface area contributed by atoms with Crippen LogP contribution in [0.1, 0.15) is 18.5 Å². The summed E-state index contributed by atoms with van der Waals surface area (Å²) in [5.41, 5.74) is 2.38. The van der Waals surface area contributed by atoms with Crippen LogP contribution in [0.25, 0.3) is 0 Å². The quantitative estimate of drug-likeness (QED) is 0.891. The average Bonchev–Trinajstić information content (AvgIpc) is 2.66. The Bertz CT molecular complexity index is 699. The fraction of sp³-hybridized carbons (Fsp3) is 0.350. The zero-order valence-electron chi connectivity index (χ0n) is 14.6. The first-order valence-electron chi connectivity index (χ1n) is 8.80. The van der Waals surface area contributed by atoms with Crippen molar-refractivity contribution in [3.63, 3.8) is 0 Å². The Kier molecular flexibility index (Phi) is 5.95. The SMILES string of the molecule is C[C@@H]([NH2+]CC(=O)N1CCN(c2cccc(Cl)c2)CC1)c1ccccc1. The maximum Gasteiger partial charge on any atom is 0.277 e. The van der Waals surface area contributed by atoms with Crippen LogP contribution in [0.5, 0.6) is 0 Å². The van der Waals surface area contributed by atoms with Crippen LogP contribution >= 0.6 is 11.6 Å². The zero-order chi connectivity index (χ0) is 17.6. The first kappa shape index (κ1) is 17.8. The van der Waals surface area contributed by atoms with Gasteiger partial charge in [0.25, 0.3) is 5.91 Å². The standard InChI is InChI=1S/C20H24ClN3O/c1-16(17-6-3-2-4-7-17)22-15-20(25)24-12-10-23(11-13-24)19-9-5-8-18(21)14-19/h2-9,14,16,22H,10-13,15H2,1H3/p+1/t16-/m1/s1. The summed E-state index contributed by atoms with van der Waals surface area (Å²) in [5, 5.41) is 2.86. The first-order chi connectivity index (χ1) is 12.1. The number of carbonyl (C=O) groups is 1. The van der Waals surface area contributed by atoms with E-state index in [-0.39, 0.29) is 11.9 Å². The molecular formula is C20H25ClN3O+. The van der Waals surface area contributed by atoms with Crippen molar-refractivity contribution in [3.05, 3.63) is 65.2 Å². The lowest BCUT2D eigenvalue weighted by Crippen LogP contribution is -2.87. The van der Waals surface area contributed by atoms with Crippen LogP contribution in [-0.4, -0.2) is 43.5 Å². The molecule has 1 aliphatic rings. The Morgan fingerprint density at radius 1 is 1.08 bits per heavy atom. The lowest BCUT2D eigenvalue weighted by molar-refractivity contribution is -0.683. The van der Waals surface area contributed by atoms with Crippen LogP contribution in [0.3, 0.4) is 0 Å². The molecule has 0 aliphatic carbocycles. The predicted molar refractivity (Wildman–Crippen MR) is 102 cm³/mol. The van der Waals surface area contributed by atoms with Crippen LogP contribution in [0.15, 0.2) is 54.6 Å². The maximum atomic E-state index is 12.5. The number of hydrogen-bond acceptors (Lipinski definition) is 2. The van der Waals surface area contributed by atoms with Crippen molar-refractivity contribution in [2.45, 2.75) is 13.0 Å². The van der Waals surface area contributed by atoms with E-state index in [2.05, 4.69) is 35.3 Å². The van der Waals surface area contributed by atoms with Gasteiger partial charge < -0.3 is 15.1 Å². The largest absolute Gasteiger partial charge is 0.368 e. The molecule has 2 aromatic carbocycles. The Morgan fingerprint density at radius 3 is 2.48 bits per heavy atom. The third-order valence-corrected chi connectivity index (χ3v) is 5.01. The summed E-state index contributed by atoms with van der Waals surface area (Å²) < 4.78 is 0. The molecule has 1 amide bonds. The predicted octanol–water partition coefficient (Wildman–Crippen LogP) is 2.31. The smallest absolute Gasteiger partial charge is 0.277 e. The van der Waals surface area contributed by atoms with Gasteiger partial charge in [-0.15, -0.1) is 0 Å². The van der Waals surface area contributed by atoms with E-state index in [0.717, 1.165) is 36.9 Å². The highest BCUT2D eigenvalue weighted by molar-refractivity contribution is 6.30. The highest BCUT2D eigenvalue weighted by atomic mass is 35.5. The van der Waals surface area contributed by atoms with Crippen molar-refractivity contribution in [2.75, 3.05) is 37.6 Å². The number of halogens is 1. The zero-order valence-corrected chi connectivity index (χ0v) is 15.3. The molecule has 0 bridgehead atoms. The van der Waals surface area contributed by atoms with Gasteiger partial charge in [-0.2, -0.15) is 0 Å². The van der Waals surface area contributed by atoms with E-state index in [4.69, 9.17) is 11.6 Å². The maximum absolute atomic E-state index is 12.5. The van der Waals surface area contributed by atoms with Crippen LogP contribution in [0.4, 0.5) is 5.69 Å². The van der Waals surface area contributed by atoms with Gasteiger partial charge in [-0.3, -0.25) is 4.79 Å². The molecule has 2 aromatic rings. The Balaban J connectivity index is 1.47. The molecule has 1 heterocycles. The third-order valence-electron chi connectivity index (χ3n) is 4.78. The molecule has 1 saturated heterocycles. The molecule has 2 N–H and O–H groups in total. The molecule has 4 nitrogen and oxygen atoms in total. The molecule has 1 aliphatic heterocycles. The minimum absolute atomic E-state index is 0.216. The van der Waals surface area contributed by atoms with Crippen molar-refractivity contribution in [1.29, 1.82) is 0 Å². The fourth-order valence-electron chi connectivity index (χ4n) is 3.19. The monoisotopic (exact) mass is 358 g/mol. The molecule has 0 spiro atoms. The van der Waals surface area contributed by atoms with E-state index >= 15 is 0 Å². The Labute approximate surface area is 154 Å². The van der Waals surface area contributed by atoms with E-state index < -0.39 is 0 Å². The van der Waals surface area contributed by atoms with E-state index in [9.17, 15) is 4.79 Å². The second-order valence-corrected chi connectivity index (χ2v) is 6.92. The summed E-state index contributed by atoms with van der Waals surface area (Å²) in [5.74, 6) is 0.216. The van der Waals surface area contributed by atoms with Crippen molar-refractivity contribution >= 4 is 23.2 Å². The van der Waals surface area contributed by atoms with Crippen molar-refractivity contribution in [2.24, 2.45) is 0 Å². The van der Waals surface area contributed by atoms with E-state index in [1.54, 1.807) is 0 Å². The average molecular weight is 359 g/mol. The van der Waals surface area contributed by atoms with Crippen molar-refractivity contribution < 1.29 is 10.1 Å². The summed E-state index contributed by atoms with van der Waals surface area (Å²) >= 11 is 6.07. The summed E-state index contributed by atoms with van der Waals surface area (Å²) in [7, 11) is 0. The van der Waals surface area contributed by atoms with Gasteiger partial charge in [0.1, 0.15) is 6.04 Å². The number of quaternary nitrogens is 1. The molecule has 0 aromatic heterocycles. The summed E-state index contributed by atoms with van der Waals surface area (Å²) in [6, 6.07) is 18.5. The summed E-state index contributed by atoms with van der Waals surface area (Å²) in [6.07, 6.45) is 0. The topological polar surface area (TPSA) is 40.2 Å². The van der Waals surface area contributed by atoms with E-state index in [0.29, 0.717) is 6.54 Å². The second kappa shape index (κ2) is 8.37. The molecule has 0 radical (unpaired) electrons. The summed E-state index contributed by atoms with van der Waals surface area (Å²) in [4.78, 5) is 16.7. The molecular weight excluding hydrogens is 334 g/mol. The highest BCUT2D eigenvalue weighted by Gasteiger charge is 2.23. The number of benzene rings is 2. The Hall–Kier alpha value is -2.04. The highest BCUT2D eigenvalue weighted by Crippen LogP contribution is 2.20. The molecule has 5 heteroatoms. The molecule has 1 atom stereocenters. The van der Waals surface area contributed by atoms with Gasteiger partial charge in [-0.1, -0.05) is 48.0 Å². The van der Waals surface area contributed by atoms with Gasteiger partial charge in [-0.25, -0.2) is 0 Å². The van der Waals surface area contributed by atoms with Gasteiger partial charge in [0.15, 0.2) is 6.54 Å². The number of amides is 1. The van der Waals surface area contributed by atoms with Gasteiger partial charge in [0.05, 0.1) is 0 Å². The van der Waals surface area contributed by atoms with Gasteiger partial charge >= 0.3 is 0 Å².